The molecule has 0 spiro atoms. The second-order valence-electron chi connectivity index (χ2n) is 5.56. The number of hydrogen-bond acceptors (Lipinski definition) is 4. The fourth-order valence-corrected chi connectivity index (χ4v) is 3.14. The summed E-state index contributed by atoms with van der Waals surface area (Å²) in [4.78, 5) is 7.68. The van der Waals surface area contributed by atoms with Gasteiger partial charge in [-0.3, -0.25) is 0 Å². The number of fused-ring (bicyclic) bond motifs is 1. The second kappa shape index (κ2) is 7.15. The van der Waals surface area contributed by atoms with E-state index in [0.717, 1.165) is 22.2 Å². The molecule has 3 rings (SSSR count). The molecule has 5 nitrogen and oxygen atoms in total. The van der Waals surface area contributed by atoms with Gasteiger partial charge in [0, 0.05) is 0 Å². The van der Waals surface area contributed by atoms with Crippen LogP contribution in [0.25, 0.3) is 22.7 Å². The van der Waals surface area contributed by atoms with Crippen LogP contribution in [0.5, 0.6) is 11.5 Å². The number of rotatable bonds is 4. The summed E-state index contributed by atoms with van der Waals surface area (Å²) in [6.07, 6.45) is 1.73. The lowest BCUT2D eigenvalue weighted by molar-refractivity contribution is 0.317. The van der Waals surface area contributed by atoms with E-state index in [4.69, 9.17) is 4.74 Å². The maximum Gasteiger partial charge on any atom is 0.171 e. The third-order valence-corrected chi connectivity index (χ3v) is 4.50. The molecule has 0 radical (unpaired) electrons. The molecule has 0 saturated carbocycles. The first-order valence-corrected chi connectivity index (χ1v) is 8.83. The zero-order valence-electron chi connectivity index (χ0n) is 13.8. The Morgan fingerprint density at radius 2 is 2.20 bits per heavy atom. The molecule has 1 aromatic heterocycles. The number of aromatic nitrogens is 2. The van der Waals surface area contributed by atoms with Crippen molar-refractivity contribution in [3.05, 3.63) is 50.9 Å². The number of ether oxygens (including phenoxy) is 1. The zero-order valence-corrected chi connectivity index (χ0v) is 16.0. The van der Waals surface area contributed by atoms with E-state index in [1.54, 1.807) is 18.2 Å². The van der Waals surface area contributed by atoms with Crippen LogP contribution in [-0.2, 0) is 0 Å². The molecule has 3 aromatic rings. The summed E-state index contributed by atoms with van der Waals surface area (Å²) in [6, 6.07) is 11.6. The number of benzene rings is 2. The van der Waals surface area contributed by atoms with Crippen molar-refractivity contribution in [1.82, 2.24) is 9.97 Å². The summed E-state index contributed by atoms with van der Waals surface area (Å²) < 4.78 is 6.11. The maximum atomic E-state index is 10.0. The van der Waals surface area contributed by atoms with Crippen LogP contribution in [0.4, 0.5) is 0 Å². The van der Waals surface area contributed by atoms with Gasteiger partial charge in [0.15, 0.2) is 11.5 Å². The van der Waals surface area contributed by atoms with Gasteiger partial charge in [0.1, 0.15) is 11.9 Å². The molecule has 0 saturated heterocycles. The van der Waals surface area contributed by atoms with E-state index in [9.17, 15) is 10.4 Å². The summed E-state index contributed by atoms with van der Waals surface area (Å²) >= 11 is 2.04. The molecule has 1 heterocycles. The third kappa shape index (κ3) is 3.61. The number of nitrogens with zero attached hydrogens (tertiary/aromatic N) is 2. The predicted molar refractivity (Wildman–Crippen MR) is 106 cm³/mol. The van der Waals surface area contributed by atoms with Crippen molar-refractivity contribution in [2.45, 2.75) is 13.8 Å². The topological polar surface area (TPSA) is 81.9 Å². The largest absolute Gasteiger partial charge is 0.504 e. The number of phenols is 1. The van der Waals surface area contributed by atoms with Crippen LogP contribution < -0.4 is 4.74 Å². The Hall–Kier alpha value is -2.53. The highest BCUT2D eigenvalue weighted by atomic mass is 127. The first-order valence-electron chi connectivity index (χ1n) is 7.75. The molecule has 0 unspecified atom stereocenters. The van der Waals surface area contributed by atoms with Crippen molar-refractivity contribution < 1.29 is 9.84 Å². The fraction of sp³-hybridized carbons (Fsp3) is 0.158. The van der Waals surface area contributed by atoms with Crippen molar-refractivity contribution in [2.24, 2.45) is 0 Å². The quantitative estimate of drug-likeness (QED) is 0.453. The van der Waals surface area contributed by atoms with Crippen LogP contribution in [0.1, 0.15) is 23.9 Å². The summed E-state index contributed by atoms with van der Waals surface area (Å²) in [6.45, 7) is 4.31. The average Bonchev–Trinajstić information content (AvgIpc) is 3.00. The first-order chi connectivity index (χ1) is 12.0. The molecule has 0 aliphatic rings. The minimum Gasteiger partial charge on any atom is -0.504 e. The van der Waals surface area contributed by atoms with Gasteiger partial charge in [-0.1, -0.05) is 6.07 Å². The number of aryl methyl sites for hydroxylation is 1. The molecule has 0 bridgehead atoms. The Balaban J connectivity index is 2.06. The highest BCUT2D eigenvalue weighted by Crippen LogP contribution is 2.34. The van der Waals surface area contributed by atoms with Gasteiger partial charge in [-0.05, 0) is 77.9 Å². The lowest BCUT2D eigenvalue weighted by atomic mass is 10.1. The highest BCUT2D eigenvalue weighted by molar-refractivity contribution is 14.1. The highest BCUT2D eigenvalue weighted by Gasteiger charge is 2.11. The minimum atomic E-state index is 0.109. The van der Waals surface area contributed by atoms with E-state index >= 15 is 0 Å². The summed E-state index contributed by atoms with van der Waals surface area (Å²) in [5.41, 5.74) is 4.01. The number of phenolic OH excluding ortho intramolecular Hbond substituents is 1. The molecule has 2 N–H and O–H groups in total. The number of H-pyrrole nitrogens is 1. The number of nitriles is 1. The van der Waals surface area contributed by atoms with Crippen molar-refractivity contribution in [2.75, 3.05) is 6.61 Å². The van der Waals surface area contributed by atoms with Crippen LogP contribution in [0.3, 0.4) is 0 Å². The number of aromatic hydroxyl groups is 1. The van der Waals surface area contributed by atoms with Crippen molar-refractivity contribution >= 4 is 45.3 Å². The van der Waals surface area contributed by atoms with Crippen molar-refractivity contribution in [1.29, 1.82) is 5.26 Å². The Bertz CT molecular complexity index is 1020. The summed E-state index contributed by atoms with van der Waals surface area (Å²) in [7, 11) is 0. The maximum absolute atomic E-state index is 10.0. The van der Waals surface area contributed by atoms with Gasteiger partial charge in [0.05, 0.1) is 26.8 Å². The van der Waals surface area contributed by atoms with Gasteiger partial charge in [-0.25, -0.2) is 4.98 Å². The van der Waals surface area contributed by atoms with Gasteiger partial charge in [-0.2, -0.15) is 5.26 Å². The molecule has 25 heavy (non-hydrogen) atoms. The van der Waals surface area contributed by atoms with E-state index in [-0.39, 0.29) is 5.75 Å². The van der Waals surface area contributed by atoms with E-state index in [1.165, 1.54) is 0 Å². The molecule has 0 fully saturated rings. The third-order valence-electron chi connectivity index (χ3n) is 3.67. The van der Waals surface area contributed by atoms with Crippen LogP contribution in [0, 0.1) is 21.8 Å². The van der Waals surface area contributed by atoms with Gasteiger partial charge >= 0.3 is 0 Å². The first kappa shape index (κ1) is 17.3. The smallest absolute Gasteiger partial charge is 0.171 e. The summed E-state index contributed by atoms with van der Waals surface area (Å²) in [5.74, 6) is 1.03. The SMILES string of the molecule is CCOc1cc(C=C(C#N)c2nc3ccc(C)cc3[nH]2)cc(I)c1O. The fourth-order valence-electron chi connectivity index (χ4n) is 2.51. The van der Waals surface area contributed by atoms with Crippen LogP contribution in [0.15, 0.2) is 30.3 Å². The number of hydrogen-bond donors (Lipinski definition) is 2. The molecule has 0 atom stereocenters. The Kier molecular flexibility index (Phi) is 4.95. The van der Waals surface area contributed by atoms with E-state index in [0.29, 0.717) is 27.3 Å². The molecule has 0 aliphatic carbocycles. The molecule has 126 valence electrons. The van der Waals surface area contributed by atoms with Gasteiger partial charge < -0.3 is 14.8 Å². The monoisotopic (exact) mass is 445 g/mol. The molecule has 0 amide bonds. The number of imidazole rings is 1. The van der Waals surface area contributed by atoms with Gasteiger partial charge in [-0.15, -0.1) is 0 Å². The van der Waals surface area contributed by atoms with Crippen molar-refractivity contribution in [3.63, 3.8) is 0 Å². The van der Waals surface area contributed by atoms with Gasteiger partial charge in [0.25, 0.3) is 0 Å². The standard InChI is InChI=1S/C19H16IN3O2/c1-3-25-17-9-12(8-14(20)18(17)24)7-13(10-21)19-22-15-5-4-11(2)6-16(15)23-19/h4-9,24H,3H2,1-2H3,(H,22,23). The lowest BCUT2D eigenvalue weighted by Crippen LogP contribution is -1.94. The Morgan fingerprint density at radius 3 is 2.92 bits per heavy atom. The lowest BCUT2D eigenvalue weighted by Gasteiger charge is -2.08. The number of halogens is 1. The van der Waals surface area contributed by atoms with E-state index in [2.05, 4.69) is 16.0 Å². The molecular weight excluding hydrogens is 429 g/mol. The summed E-state index contributed by atoms with van der Waals surface area (Å²) in [5, 5.41) is 19.6. The van der Waals surface area contributed by atoms with E-state index in [1.807, 2.05) is 54.6 Å². The average molecular weight is 445 g/mol. The minimum absolute atomic E-state index is 0.109. The van der Waals surface area contributed by atoms with Crippen LogP contribution in [-0.4, -0.2) is 21.7 Å². The second-order valence-corrected chi connectivity index (χ2v) is 6.72. The Labute approximate surface area is 159 Å². The van der Waals surface area contributed by atoms with Gasteiger partial charge in [0.2, 0.25) is 0 Å². The Morgan fingerprint density at radius 1 is 1.40 bits per heavy atom. The van der Waals surface area contributed by atoms with Crippen LogP contribution >= 0.6 is 22.6 Å². The molecule has 0 aliphatic heterocycles. The predicted octanol–water partition coefficient (Wildman–Crippen LogP) is 4.64. The number of aromatic amines is 1. The van der Waals surface area contributed by atoms with Crippen molar-refractivity contribution in [3.8, 4) is 17.6 Å². The molecular formula is C19H16IN3O2. The number of nitrogens with one attached hydrogen (secondary N) is 1. The van der Waals surface area contributed by atoms with E-state index < -0.39 is 0 Å². The van der Waals surface area contributed by atoms with Crippen LogP contribution in [0.2, 0.25) is 0 Å². The molecule has 6 heteroatoms. The zero-order chi connectivity index (χ0) is 18.0. The number of allylic oxidation sites excluding steroid dienone is 1. The molecule has 2 aromatic carbocycles. The normalized spacial score (nSPS) is 11.5.